The molecule has 2 aromatic heterocycles. The number of nitrogens with zero attached hydrogens (tertiary/aromatic N) is 3. The zero-order chi connectivity index (χ0) is 21.5. The zero-order valence-electron chi connectivity index (χ0n) is 16.8. The number of hydrogen-bond acceptors (Lipinski definition) is 9. The number of esters is 1. The van der Waals surface area contributed by atoms with Crippen LogP contribution in [-0.4, -0.2) is 47.2 Å². The third-order valence-corrected chi connectivity index (χ3v) is 5.03. The molecule has 0 radical (unpaired) electrons. The van der Waals surface area contributed by atoms with Gasteiger partial charge in [-0.25, -0.2) is 19.7 Å². The number of hydrogen-bond donors (Lipinski definition) is 2. The Bertz CT molecular complexity index is 1040. The van der Waals surface area contributed by atoms with Crippen LogP contribution in [0, 0.1) is 13.8 Å². The number of aryl methyl sites for hydroxylation is 2. The third-order valence-electron chi connectivity index (χ3n) is 3.98. The van der Waals surface area contributed by atoms with Gasteiger partial charge in [0, 0.05) is 19.0 Å². The Morgan fingerprint density at radius 3 is 2.53 bits per heavy atom. The van der Waals surface area contributed by atoms with Crippen LogP contribution in [0.1, 0.15) is 31.4 Å². The molecule has 0 unspecified atom stereocenters. The van der Waals surface area contributed by atoms with Gasteiger partial charge in [0.1, 0.15) is 11.5 Å². The third kappa shape index (κ3) is 5.37. The summed E-state index contributed by atoms with van der Waals surface area (Å²) >= 11 is 1.14. The van der Waals surface area contributed by atoms with Crippen LogP contribution in [0.2, 0.25) is 0 Å². The molecule has 30 heavy (non-hydrogen) atoms. The van der Waals surface area contributed by atoms with Gasteiger partial charge in [0.25, 0.3) is 5.91 Å². The molecule has 0 spiro atoms. The number of anilines is 3. The molecule has 0 atom stereocenters. The zero-order valence-corrected chi connectivity index (χ0v) is 17.6. The van der Waals surface area contributed by atoms with E-state index in [4.69, 9.17) is 9.47 Å². The SMILES string of the molecule is COCCOC(=O)c1sc(Nc2ncc(C(=O)Nc3ccccc3)c(C)n2)nc1C. The lowest BCUT2D eigenvalue weighted by molar-refractivity contribution is 0.0392. The van der Waals surface area contributed by atoms with E-state index in [0.717, 1.165) is 11.3 Å². The molecule has 9 nitrogen and oxygen atoms in total. The number of benzene rings is 1. The van der Waals surface area contributed by atoms with E-state index in [1.165, 1.54) is 13.3 Å². The molecule has 0 fully saturated rings. The van der Waals surface area contributed by atoms with E-state index < -0.39 is 5.97 Å². The molecule has 1 amide bonds. The molecule has 0 aliphatic heterocycles. The van der Waals surface area contributed by atoms with Crippen molar-refractivity contribution in [1.82, 2.24) is 15.0 Å². The summed E-state index contributed by atoms with van der Waals surface area (Å²) in [4.78, 5) is 37.8. The first-order valence-corrected chi connectivity index (χ1v) is 9.90. The highest BCUT2D eigenvalue weighted by atomic mass is 32.1. The van der Waals surface area contributed by atoms with Crippen LogP contribution in [0.5, 0.6) is 0 Å². The lowest BCUT2D eigenvalue weighted by atomic mass is 10.2. The molecule has 2 heterocycles. The Hall–Kier alpha value is -3.37. The summed E-state index contributed by atoms with van der Waals surface area (Å²) in [6.45, 7) is 3.94. The number of carbonyl (C=O) groups is 2. The van der Waals surface area contributed by atoms with Crippen molar-refractivity contribution in [2.75, 3.05) is 31.0 Å². The van der Waals surface area contributed by atoms with Crippen LogP contribution in [0.25, 0.3) is 0 Å². The van der Waals surface area contributed by atoms with Crippen LogP contribution in [0.4, 0.5) is 16.8 Å². The molecule has 0 aliphatic rings. The van der Waals surface area contributed by atoms with Crippen molar-refractivity contribution in [2.24, 2.45) is 0 Å². The highest BCUT2D eigenvalue weighted by Crippen LogP contribution is 2.25. The predicted octanol–water partition coefficient (Wildman–Crippen LogP) is 3.35. The standard InChI is InChI=1S/C20H21N5O4S/c1-12-15(17(26)24-14-7-5-4-6-8-14)11-21-19(22-12)25-20-23-13(2)16(30-20)18(27)29-10-9-28-3/h4-8,11H,9-10H2,1-3H3,(H,24,26)(H,21,22,23,25). The molecule has 0 bridgehead atoms. The molecular weight excluding hydrogens is 406 g/mol. The van der Waals surface area contributed by atoms with Gasteiger partial charge in [-0.3, -0.25) is 4.79 Å². The summed E-state index contributed by atoms with van der Waals surface area (Å²) in [5.41, 5.74) is 2.10. The number of rotatable bonds is 8. The fourth-order valence-corrected chi connectivity index (χ4v) is 3.34. The highest BCUT2D eigenvalue weighted by molar-refractivity contribution is 7.17. The fourth-order valence-electron chi connectivity index (χ4n) is 2.49. The molecule has 3 aromatic rings. The Morgan fingerprint density at radius 1 is 1.07 bits per heavy atom. The lowest BCUT2D eigenvalue weighted by Gasteiger charge is -2.08. The Kier molecular flexibility index (Phi) is 7.04. The number of nitrogens with one attached hydrogen (secondary N) is 2. The second kappa shape index (κ2) is 9.90. The van der Waals surface area contributed by atoms with Crippen LogP contribution in [-0.2, 0) is 9.47 Å². The van der Waals surface area contributed by atoms with E-state index in [9.17, 15) is 9.59 Å². The minimum atomic E-state index is -0.458. The van der Waals surface area contributed by atoms with Crippen molar-refractivity contribution in [1.29, 1.82) is 0 Å². The van der Waals surface area contributed by atoms with E-state index in [-0.39, 0.29) is 18.5 Å². The first-order chi connectivity index (χ1) is 14.5. The quantitative estimate of drug-likeness (QED) is 0.415. The van der Waals surface area contributed by atoms with E-state index in [1.807, 2.05) is 18.2 Å². The Morgan fingerprint density at radius 2 is 1.83 bits per heavy atom. The second-order valence-electron chi connectivity index (χ2n) is 6.20. The number of aromatic nitrogens is 3. The largest absolute Gasteiger partial charge is 0.459 e. The van der Waals surface area contributed by atoms with Gasteiger partial charge in [-0.15, -0.1) is 0 Å². The minimum absolute atomic E-state index is 0.171. The average molecular weight is 427 g/mol. The Labute approximate surface area is 177 Å². The maximum Gasteiger partial charge on any atom is 0.350 e. The lowest BCUT2D eigenvalue weighted by Crippen LogP contribution is -2.15. The number of methoxy groups -OCH3 is 1. The van der Waals surface area contributed by atoms with Gasteiger partial charge in [0.2, 0.25) is 5.95 Å². The van der Waals surface area contributed by atoms with E-state index >= 15 is 0 Å². The highest BCUT2D eigenvalue weighted by Gasteiger charge is 2.18. The van der Waals surface area contributed by atoms with Crippen LogP contribution >= 0.6 is 11.3 Å². The van der Waals surface area contributed by atoms with Crippen molar-refractivity contribution in [3.63, 3.8) is 0 Å². The topological polar surface area (TPSA) is 115 Å². The van der Waals surface area contributed by atoms with E-state index in [0.29, 0.717) is 39.3 Å². The van der Waals surface area contributed by atoms with Gasteiger partial charge in [-0.05, 0) is 26.0 Å². The summed E-state index contributed by atoms with van der Waals surface area (Å²) in [5.74, 6) is -0.478. The summed E-state index contributed by atoms with van der Waals surface area (Å²) < 4.78 is 9.99. The van der Waals surface area contributed by atoms with Gasteiger partial charge in [-0.2, -0.15) is 0 Å². The average Bonchev–Trinajstić information content (AvgIpc) is 3.09. The maximum atomic E-state index is 12.5. The van der Waals surface area contributed by atoms with Crippen LogP contribution in [0.3, 0.4) is 0 Å². The van der Waals surface area contributed by atoms with Gasteiger partial charge < -0.3 is 20.1 Å². The summed E-state index contributed by atoms with van der Waals surface area (Å²) in [6, 6.07) is 9.14. The summed E-state index contributed by atoms with van der Waals surface area (Å²) in [7, 11) is 1.53. The van der Waals surface area contributed by atoms with Gasteiger partial charge in [0.05, 0.1) is 23.6 Å². The molecule has 2 N–H and O–H groups in total. The van der Waals surface area contributed by atoms with Crippen molar-refractivity contribution in [3.05, 3.63) is 58.4 Å². The molecule has 0 saturated carbocycles. The maximum absolute atomic E-state index is 12.5. The smallest absolute Gasteiger partial charge is 0.350 e. The van der Waals surface area contributed by atoms with Crippen molar-refractivity contribution >= 4 is 40.0 Å². The molecule has 10 heteroatoms. The first-order valence-electron chi connectivity index (χ1n) is 9.08. The second-order valence-corrected chi connectivity index (χ2v) is 7.20. The van der Waals surface area contributed by atoms with E-state index in [1.54, 1.807) is 26.0 Å². The Balaban J connectivity index is 1.68. The molecule has 0 aliphatic carbocycles. The van der Waals surface area contributed by atoms with Crippen LogP contribution in [0.15, 0.2) is 36.5 Å². The molecule has 3 rings (SSSR count). The number of para-hydroxylation sites is 1. The van der Waals surface area contributed by atoms with Crippen molar-refractivity contribution < 1.29 is 19.1 Å². The number of carbonyl (C=O) groups excluding carboxylic acids is 2. The number of ether oxygens (including phenoxy) is 2. The van der Waals surface area contributed by atoms with Gasteiger partial charge in [-0.1, -0.05) is 29.5 Å². The molecule has 0 saturated heterocycles. The van der Waals surface area contributed by atoms with E-state index in [2.05, 4.69) is 25.6 Å². The molecular formula is C20H21N5O4S. The fraction of sp³-hybridized carbons (Fsp3) is 0.250. The summed E-state index contributed by atoms with van der Waals surface area (Å²) in [6.07, 6.45) is 1.45. The minimum Gasteiger partial charge on any atom is -0.459 e. The van der Waals surface area contributed by atoms with Crippen molar-refractivity contribution in [2.45, 2.75) is 13.8 Å². The number of thiazole rings is 1. The van der Waals surface area contributed by atoms with Gasteiger partial charge in [0.15, 0.2) is 5.13 Å². The monoisotopic (exact) mass is 427 g/mol. The predicted molar refractivity (Wildman–Crippen MR) is 113 cm³/mol. The van der Waals surface area contributed by atoms with Gasteiger partial charge >= 0.3 is 5.97 Å². The number of amides is 1. The summed E-state index contributed by atoms with van der Waals surface area (Å²) in [5, 5.41) is 6.22. The molecule has 1 aromatic carbocycles. The first kappa shape index (κ1) is 21.3. The van der Waals surface area contributed by atoms with Crippen LogP contribution < -0.4 is 10.6 Å². The normalized spacial score (nSPS) is 10.5. The molecule has 156 valence electrons. The van der Waals surface area contributed by atoms with Crippen molar-refractivity contribution in [3.8, 4) is 0 Å².